The summed E-state index contributed by atoms with van der Waals surface area (Å²) in [6, 6.07) is 5.64. The topological polar surface area (TPSA) is 59.6 Å². The molecule has 0 bridgehead atoms. The molecule has 3 N–H and O–H groups in total. The van der Waals surface area contributed by atoms with Crippen LogP contribution in [0.2, 0.25) is 0 Å². The molecule has 1 aliphatic carbocycles. The third-order valence-electron chi connectivity index (χ3n) is 3.77. The number of nitrogens with one attached hydrogen (secondary N) is 1. The van der Waals surface area contributed by atoms with E-state index in [1.807, 2.05) is 18.2 Å². The molecule has 4 heteroatoms. The number of hydrogen-bond acceptors (Lipinski definition) is 3. The molecular weight excluding hydrogens is 250 g/mol. The molecule has 0 unspecified atom stereocenters. The normalized spacial score (nSPS) is 19.8. The molecule has 1 aromatic carbocycles. The second-order valence-corrected chi connectivity index (χ2v) is 5.36. The molecule has 0 fully saturated rings. The molecule has 0 atom stereocenters. The fraction of sp³-hybridized carbons (Fsp3) is 0.438. The molecule has 20 heavy (non-hydrogen) atoms. The Morgan fingerprint density at radius 3 is 3.10 bits per heavy atom. The van der Waals surface area contributed by atoms with Crippen LogP contribution in [0.3, 0.4) is 0 Å². The van der Waals surface area contributed by atoms with Crippen LogP contribution in [0.4, 0.5) is 11.4 Å². The molecule has 4 nitrogen and oxygen atoms in total. The maximum Gasteiger partial charge on any atom is 0.146 e. The maximum atomic E-state index is 5.74. The van der Waals surface area contributed by atoms with Crippen LogP contribution in [0.25, 0.3) is 0 Å². The van der Waals surface area contributed by atoms with E-state index in [1.54, 1.807) is 5.57 Å². The van der Waals surface area contributed by atoms with Crippen LogP contribution >= 0.6 is 0 Å². The van der Waals surface area contributed by atoms with E-state index in [1.165, 1.54) is 25.7 Å². The zero-order valence-electron chi connectivity index (χ0n) is 11.7. The molecule has 0 aromatic heterocycles. The highest BCUT2D eigenvalue weighted by Crippen LogP contribution is 2.29. The minimum atomic E-state index is 0.496. The monoisotopic (exact) mass is 271 g/mol. The Bertz CT molecular complexity index is 549. The minimum Gasteiger partial charge on any atom is -0.483 e. The first-order valence-electron chi connectivity index (χ1n) is 7.32. The molecule has 0 amide bonds. The zero-order chi connectivity index (χ0) is 13.8. The third kappa shape index (κ3) is 3.13. The lowest BCUT2D eigenvalue weighted by atomic mass is 9.97. The number of nitrogen functional groups attached to an aromatic ring is 1. The van der Waals surface area contributed by atoms with Gasteiger partial charge in [-0.1, -0.05) is 11.6 Å². The second-order valence-electron chi connectivity index (χ2n) is 5.36. The number of allylic oxidation sites excluding steroid dienone is 1. The Labute approximate surface area is 119 Å². The van der Waals surface area contributed by atoms with Crippen LogP contribution in [0.1, 0.15) is 32.1 Å². The third-order valence-corrected chi connectivity index (χ3v) is 3.77. The van der Waals surface area contributed by atoms with Gasteiger partial charge < -0.3 is 15.8 Å². The number of fused-ring (bicyclic) bond motifs is 1. The maximum absolute atomic E-state index is 5.74. The number of benzene rings is 1. The summed E-state index contributed by atoms with van der Waals surface area (Å²) in [5.41, 5.74) is 8.96. The molecule has 0 spiro atoms. The van der Waals surface area contributed by atoms with Crippen LogP contribution in [0, 0.1) is 0 Å². The number of ether oxygens (including phenoxy) is 1. The summed E-state index contributed by atoms with van der Waals surface area (Å²) in [7, 11) is 0. The second kappa shape index (κ2) is 5.99. The molecule has 0 saturated heterocycles. The van der Waals surface area contributed by atoms with Crippen LogP contribution in [0.15, 0.2) is 34.8 Å². The highest BCUT2D eigenvalue weighted by Gasteiger charge is 2.14. The Balaban J connectivity index is 1.57. The number of amidine groups is 1. The first-order valence-corrected chi connectivity index (χ1v) is 7.32. The van der Waals surface area contributed by atoms with Crippen molar-refractivity contribution >= 4 is 17.2 Å². The number of nitrogens with two attached hydrogens (primary N) is 1. The minimum absolute atomic E-state index is 0.496. The number of aliphatic imine (C=N–C) groups is 1. The van der Waals surface area contributed by atoms with Gasteiger partial charge in [0, 0.05) is 18.3 Å². The summed E-state index contributed by atoms with van der Waals surface area (Å²) in [6.07, 6.45) is 8.61. The van der Waals surface area contributed by atoms with Crippen LogP contribution < -0.4 is 15.8 Å². The summed E-state index contributed by atoms with van der Waals surface area (Å²) in [5, 5.41) is 3.31. The smallest absolute Gasteiger partial charge is 0.146 e. The van der Waals surface area contributed by atoms with Crippen molar-refractivity contribution in [2.45, 2.75) is 32.1 Å². The summed E-state index contributed by atoms with van der Waals surface area (Å²) in [6.45, 7) is 1.33. The first kappa shape index (κ1) is 13.0. The van der Waals surface area contributed by atoms with Crippen molar-refractivity contribution in [1.82, 2.24) is 0 Å². The lowest BCUT2D eigenvalue weighted by Gasteiger charge is -2.21. The fourth-order valence-electron chi connectivity index (χ4n) is 2.65. The van der Waals surface area contributed by atoms with Gasteiger partial charge in [0.2, 0.25) is 0 Å². The molecule has 3 rings (SSSR count). The number of hydrogen-bond donors (Lipinski definition) is 2. The van der Waals surface area contributed by atoms with Crippen LogP contribution in [0.5, 0.6) is 5.75 Å². The molecule has 106 valence electrons. The predicted octanol–water partition coefficient (Wildman–Crippen LogP) is 3.36. The summed E-state index contributed by atoms with van der Waals surface area (Å²) >= 11 is 0. The van der Waals surface area contributed by atoms with E-state index >= 15 is 0 Å². The molecule has 0 saturated carbocycles. The Morgan fingerprint density at radius 1 is 1.30 bits per heavy atom. The first-order chi connectivity index (χ1) is 9.81. The van der Waals surface area contributed by atoms with Gasteiger partial charge in [0.05, 0.1) is 5.69 Å². The average Bonchev–Trinajstić information content (AvgIpc) is 2.48. The van der Waals surface area contributed by atoms with Crippen molar-refractivity contribution in [2.75, 3.05) is 24.2 Å². The quantitative estimate of drug-likeness (QED) is 0.654. The van der Waals surface area contributed by atoms with E-state index in [0.717, 1.165) is 35.9 Å². The van der Waals surface area contributed by atoms with Crippen molar-refractivity contribution in [2.24, 2.45) is 4.99 Å². The van der Waals surface area contributed by atoms with Gasteiger partial charge in [-0.15, -0.1) is 0 Å². The van der Waals surface area contributed by atoms with Crippen molar-refractivity contribution in [3.63, 3.8) is 0 Å². The Kier molecular flexibility index (Phi) is 3.90. The number of nitrogens with zero attached hydrogens (tertiary/aromatic N) is 1. The van der Waals surface area contributed by atoms with Crippen molar-refractivity contribution in [1.29, 1.82) is 0 Å². The van der Waals surface area contributed by atoms with Gasteiger partial charge in [-0.3, -0.25) is 4.99 Å². The van der Waals surface area contributed by atoms with Gasteiger partial charge in [-0.25, -0.2) is 0 Å². The van der Waals surface area contributed by atoms with E-state index in [9.17, 15) is 0 Å². The summed E-state index contributed by atoms with van der Waals surface area (Å²) < 4.78 is 5.67. The number of rotatable bonds is 3. The van der Waals surface area contributed by atoms with E-state index in [0.29, 0.717) is 6.61 Å². The average molecular weight is 271 g/mol. The SMILES string of the molecule is Nc1ccc2c(c1)OCC(=NCCC1=CCCCC1)N2. The number of anilines is 2. The van der Waals surface area contributed by atoms with E-state index in [4.69, 9.17) is 10.5 Å². The standard InChI is InChI=1S/C16H21N3O/c17-13-6-7-14-15(10-13)20-11-16(19-14)18-9-8-12-4-2-1-3-5-12/h4,6-7,10H,1-3,5,8-9,11,17H2,(H,18,19). The van der Waals surface area contributed by atoms with Crippen molar-refractivity contribution in [3.8, 4) is 5.75 Å². The molecule has 2 aliphatic rings. The molecular formula is C16H21N3O. The van der Waals surface area contributed by atoms with Crippen molar-refractivity contribution < 1.29 is 4.74 Å². The Hall–Kier alpha value is -1.97. The largest absolute Gasteiger partial charge is 0.483 e. The highest BCUT2D eigenvalue weighted by atomic mass is 16.5. The van der Waals surface area contributed by atoms with E-state index < -0.39 is 0 Å². The fourth-order valence-corrected chi connectivity index (χ4v) is 2.65. The molecule has 1 aliphatic heterocycles. The van der Waals surface area contributed by atoms with Crippen LogP contribution in [-0.2, 0) is 0 Å². The van der Waals surface area contributed by atoms with Gasteiger partial charge in [-0.2, -0.15) is 0 Å². The van der Waals surface area contributed by atoms with Crippen LogP contribution in [-0.4, -0.2) is 19.0 Å². The molecule has 0 radical (unpaired) electrons. The summed E-state index contributed by atoms with van der Waals surface area (Å²) in [5.74, 6) is 1.71. The predicted molar refractivity (Wildman–Crippen MR) is 83.4 cm³/mol. The van der Waals surface area contributed by atoms with Gasteiger partial charge in [0.15, 0.2) is 0 Å². The summed E-state index contributed by atoms with van der Waals surface area (Å²) in [4.78, 5) is 4.61. The van der Waals surface area contributed by atoms with Gasteiger partial charge in [0.25, 0.3) is 0 Å². The molecule has 1 aromatic rings. The lowest BCUT2D eigenvalue weighted by molar-refractivity contribution is 0.372. The van der Waals surface area contributed by atoms with E-state index in [2.05, 4.69) is 16.4 Å². The van der Waals surface area contributed by atoms with Gasteiger partial charge in [0.1, 0.15) is 18.2 Å². The zero-order valence-corrected chi connectivity index (χ0v) is 11.7. The van der Waals surface area contributed by atoms with E-state index in [-0.39, 0.29) is 0 Å². The van der Waals surface area contributed by atoms with Gasteiger partial charge >= 0.3 is 0 Å². The van der Waals surface area contributed by atoms with Gasteiger partial charge in [-0.05, 0) is 44.2 Å². The Morgan fingerprint density at radius 2 is 2.25 bits per heavy atom. The lowest BCUT2D eigenvalue weighted by Crippen LogP contribution is -2.26. The molecule has 1 heterocycles. The van der Waals surface area contributed by atoms with Crippen molar-refractivity contribution in [3.05, 3.63) is 29.8 Å². The highest BCUT2D eigenvalue weighted by molar-refractivity contribution is 5.99.